The maximum Gasteiger partial charge on any atom is 0.268 e. The Kier molecular flexibility index (Phi) is 56.1. The van der Waals surface area contributed by atoms with Crippen LogP contribution in [-0.2, 0) is 18.4 Å². The zero-order valence-electron chi connectivity index (χ0n) is 50.7. The van der Waals surface area contributed by atoms with E-state index >= 15 is 0 Å². The van der Waals surface area contributed by atoms with Gasteiger partial charge in [0.05, 0.1) is 39.9 Å². The predicted octanol–water partition coefficient (Wildman–Crippen LogP) is 19.6. The van der Waals surface area contributed by atoms with E-state index in [4.69, 9.17) is 9.05 Å². The molecule has 0 saturated heterocycles. The molecule has 9 heteroatoms. The molecule has 0 heterocycles. The fourth-order valence-electron chi connectivity index (χ4n) is 9.42. The van der Waals surface area contributed by atoms with Gasteiger partial charge in [-0.2, -0.15) is 0 Å². The van der Waals surface area contributed by atoms with Crippen LogP contribution in [0.1, 0.15) is 296 Å². The van der Waals surface area contributed by atoms with Crippen LogP contribution < -0.4 is 10.2 Å². The number of amides is 1. The summed E-state index contributed by atoms with van der Waals surface area (Å²) in [6.07, 6.45) is 80.2. The fourth-order valence-corrected chi connectivity index (χ4v) is 10.1. The first-order valence-corrected chi connectivity index (χ1v) is 33.8. The molecule has 0 aliphatic heterocycles. The summed E-state index contributed by atoms with van der Waals surface area (Å²) in [6, 6.07) is -0.885. The summed E-state index contributed by atoms with van der Waals surface area (Å²) in [5.74, 6) is -0.194. The molecular weight excluding hydrogens is 960 g/mol. The molecule has 444 valence electrons. The maximum atomic E-state index is 13.0. The minimum absolute atomic E-state index is 0.000350. The van der Waals surface area contributed by atoms with Crippen molar-refractivity contribution in [3.63, 3.8) is 0 Å². The molecule has 0 spiro atoms. The SMILES string of the molecule is CC/C=C\C/C=C\C/C=C\C/C=C\C/C=C\CCCCCCCCCCCCCCCCCCCCCCCCCCCC(=O)NC(COP(=O)([O-])OCC[N+](C)(C)C)C(O)/C=C/CCCCCCCCCCCCC. The van der Waals surface area contributed by atoms with E-state index in [0.717, 1.165) is 70.6 Å². The second kappa shape index (κ2) is 57.6. The van der Waals surface area contributed by atoms with Gasteiger partial charge in [0.2, 0.25) is 5.91 Å². The first kappa shape index (κ1) is 73.9. The van der Waals surface area contributed by atoms with Crippen LogP contribution in [0.5, 0.6) is 0 Å². The Morgan fingerprint density at radius 1 is 0.474 bits per heavy atom. The lowest BCUT2D eigenvalue weighted by Crippen LogP contribution is -2.45. The fraction of sp³-hybridized carbons (Fsp3) is 0.806. The molecule has 0 aliphatic carbocycles. The number of likely N-dealkylation sites (N-methyl/N-ethyl adjacent to an activating group) is 1. The van der Waals surface area contributed by atoms with E-state index in [0.29, 0.717) is 17.4 Å². The molecule has 0 rings (SSSR count). The number of allylic oxidation sites excluding steroid dienone is 11. The van der Waals surface area contributed by atoms with Crippen LogP contribution in [0.2, 0.25) is 0 Å². The van der Waals surface area contributed by atoms with Gasteiger partial charge in [-0.15, -0.1) is 0 Å². The number of phosphoric acid groups is 1. The molecule has 0 aromatic carbocycles. The van der Waals surface area contributed by atoms with Gasteiger partial charge in [0.1, 0.15) is 13.2 Å². The second-order valence-corrected chi connectivity index (χ2v) is 24.5. The molecule has 8 nitrogen and oxygen atoms in total. The molecular formula is C67H125N2O6P. The van der Waals surface area contributed by atoms with Crippen molar-refractivity contribution in [2.75, 3.05) is 40.9 Å². The number of nitrogens with one attached hydrogen (secondary N) is 1. The highest BCUT2D eigenvalue weighted by Crippen LogP contribution is 2.38. The van der Waals surface area contributed by atoms with Crippen molar-refractivity contribution in [2.24, 2.45) is 0 Å². The Hall–Kier alpha value is -2.06. The molecule has 0 bridgehead atoms. The molecule has 2 N–H and O–H groups in total. The van der Waals surface area contributed by atoms with Gasteiger partial charge in [0, 0.05) is 6.42 Å². The molecule has 0 saturated carbocycles. The average Bonchev–Trinajstić information content (AvgIpc) is 3.38. The van der Waals surface area contributed by atoms with Crippen LogP contribution in [0.4, 0.5) is 0 Å². The van der Waals surface area contributed by atoms with Gasteiger partial charge in [-0.05, 0) is 64.2 Å². The number of hydrogen-bond acceptors (Lipinski definition) is 6. The van der Waals surface area contributed by atoms with Gasteiger partial charge in [0.25, 0.3) is 7.82 Å². The van der Waals surface area contributed by atoms with Crippen LogP contribution in [0.25, 0.3) is 0 Å². The van der Waals surface area contributed by atoms with Crippen molar-refractivity contribution in [3.8, 4) is 0 Å². The van der Waals surface area contributed by atoms with Crippen LogP contribution in [-0.4, -0.2) is 68.5 Å². The summed E-state index contributed by atoms with van der Waals surface area (Å²) >= 11 is 0. The number of phosphoric ester groups is 1. The number of aliphatic hydroxyl groups excluding tert-OH is 1. The summed E-state index contributed by atoms with van der Waals surface area (Å²) in [4.78, 5) is 25.5. The van der Waals surface area contributed by atoms with Crippen molar-refractivity contribution in [2.45, 2.75) is 309 Å². The van der Waals surface area contributed by atoms with Crippen LogP contribution >= 0.6 is 7.82 Å². The number of aliphatic hydroxyl groups is 1. The summed E-state index contributed by atoms with van der Waals surface area (Å²) in [5.41, 5.74) is 0. The minimum atomic E-state index is -4.59. The third kappa shape index (κ3) is 59.6. The van der Waals surface area contributed by atoms with Crippen molar-refractivity contribution in [1.29, 1.82) is 0 Å². The number of hydrogen-bond donors (Lipinski definition) is 2. The van der Waals surface area contributed by atoms with Gasteiger partial charge in [0.15, 0.2) is 0 Å². The highest BCUT2D eigenvalue weighted by molar-refractivity contribution is 7.45. The quantitative estimate of drug-likeness (QED) is 0.0272. The van der Waals surface area contributed by atoms with Gasteiger partial charge in [-0.25, -0.2) is 0 Å². The van der Waals surface area contributed by atoms with Gasteiger partial charge >= 0.3 is 0 Å². The Labute approximate surface area is 472 Å². The van der Waals surface area contributed by atoms with Crippen molar-refractivity contribution >= 4 is 13.7 Å². The van der Waals surface area contributed by atoms with E-state index in [2.05, 4.69) is 79.9 Å². The van der Waals surface area contributed by atoms with E-state index in [1.54, 1.807) is 6.08 Å². The Morgan fingerprint density at radius 3 is 1.17 bits per heavy atom. The lowest BCUT2D eigenvalue weighted by Gasteiger charge is -2.29. The van der Waals surface area contributed by atoms with Crippen molar-refractivity contribution < 1.29 is 32.9 Å². The van der Waals surface area contributed by atoms with Gasteiger partial charge < -0.3 is 28.8 Å². The number of nitrogens with zero attached hydrogens (tertiary/aromatic N) is 1. The van der Waals surface area contributed by atoms with E-state index in [1.165, 1.54) is 205 Å². The molecule has 0 aromatic rings. The topological polar surface area (TPSA) is 108 Å². The smallest absolute Gasteiger partial charge is 0.268 e. The van der Waals surface area contributed by atoms with E-state index in [1.807, 2.05) is 27.2 Å². The van der Waals surface area contributed by atoms with Gasteiger partial charge in [-0.3, -0.25) is 9.36 Å². The number of quaternary nitrogens is 1. The number of unbranched alkanes of at least 4 members (excludes halogenated alkanes) is 36. The molecule has 3 unspecified atom stereocenters. The van der Waals surface area contributed by atoms with Crippen LogP contribution in [0, 0.1) is 0 Å². The summed E-state index contributed by atoms with van der Waals surface area (Å²) in [7, 11) is 1.27. The molecule has 76 heavy (non-hydrogen) atoms. The van der Waals surface area contributed by atoms with E-state index in [9.17, 15) is 19.4 Å². The number of rotatable bonds is 59. The van der Waals surface area contributed by atoms with Crippen molar-refractivity contribution in [1.82, 2.24) is 5.32 Å². The van der Waals surface area contributed by atoms with E-state index in [-0.39, 0.29) is 19.1 Å². The molecule has 1 amide bonds. The Bertz CT molecular complexity index is 1470. The Balaban J connectivity index is 3.86. The highest BCUT2D eigenvalue weighted by atomic mass is 31.2. The predicted molar refractivity (Wildman–Crippen MR) is 330 cm³/mol. The summed E-state index contributed by atoms with van der Waals surface area (Å²) in [6.45, 7) is 4.55. The first-order valence-electron chi connectivity index (χ1n) is 32.3. The molecule has 0 fully saturated rings. The van der Waals surface area contributed by atoms with E-state index < -0.39 is 20.0 Å². The number of carbonyl (C=O) groups is 1. The minimum Gasteiger partial charge on any atom is -0.756 e. The third-order valence-corrected chi connectivity index (χ3v) is 15.4. The molecule has 0 aromatic heterocycles. The second-order valence-electron chi connectivity index (χ2n) is 23.1. The first-order chi connectivity index (χ1) is 37.0. The lowest BCUT2D eigenvalue weighted by atomic mass is 10.0. The van der Waals surface area contributed by atoms with Gasteiger partial charge in [-0.1, -0.05) is 299 Å². The zero-order valence-corrected chi connectivity index (χ0v) is 51.6. The van der Waals surface area contributed by atoms with Crippen LogP contribution in [0.3, 0.4) is 0 Å². The maximum absolute atomic E-state index is 13.0. The Morgan fingerprint density at radius 2 is 0.803 bits per heavy atom. The van der Waals surface area contributed by atoms with Crippen molar-refractivity contribution in [3.05, 3.63) is 72.9 Å². The summed E-state index contributed by atoms with van der Waals surface area (Å²) < 4.78 is 23.3. The third-order valence-electron chi connectivity index (χ3n) is 14.4. The normalized spacial score (nSPS) is 14.2. The van der Waals surface area contributed by atoms with Crippen LogP contribution in [0.15, 0.2) is 72.9 Å². The zero-order chi connectivity index (χ0) is 55.6. The molecule has 0 aliphatic rings. The monoisotopic (exact) mass is 1080 g/mol. The average molecular weight is 1090 g/mol. The largest absolute Gasteiger partial charge is 0.756 e. The molecule has 0 radical (unpaired) electrons. The lowest BCUT2D eigenvalue weighted by molar-refractivity contribution is -0.870. The standard InChI is InChI=1S/C67H125N2O6P/c1-6-8-10-12-14-16-18-20-21-22-23-24-25-26-27-28-29-30-31-32-33-34-35-36-37-38-39-40-41-42-43-44-45-46-47-49-51-53-55-57-59-61-67(71)68-65(64-75-76(72,73)74-63-62-69(3,4)5)66(70)60-58-56-54-52-50-48-19-17-15-13-11-9-7-2/h8,10,14,16,20-21,23-24,26-27,58,60,65-66,70H,6-7,9,11-13,15,17-19,22,25,28-57,59,61-64H2,1-5H3,(H-,68,71,72,73)/b10-8-,16-14-,21-20-,24-23-,27-26-,60-58+. The molecule has 3 atom stereocenters. The number of carbonyl (C=O) groups excluding carboxylic acids is 1. The summed E-state index contributed by atoms with van der Waals surface area (Å²) in [5, 5.41) is 13.9. The highest BCUT2D eigenvalue weighted by Gasteiger charge is 2.23.